The van der Waals surface area contributed by atoms with Crippen LogP contribution in [-0.2, 0) is 10.0 Å². The lowest BCUT2D eigenvalue weighted by molar-refractivity contribution is 0.371. The van der Waals surface area contributed by atoms with Crippen LogP contribution in [0.15, 0.2) is 128 Å². The van der Waals surface area contributed by atoms with Crippen LogP contribution in [0, 0.1) is 0 Å². The van der Waals surface area contributed by atoms with E-state index in [0.29, 0.717) is 16.8 Å². The van der Waals surface area contributed by atoms with E-state index in [0.717, 1.165) is 31.0 Å². The molecule has 0 spiro atoms. The molecule has 6 rings (SSSR count). The van der Waals surface area contributed by atoms with E-state index in [1.807, 2.05) is 78.9 Å². The third-order valence-corrected chi connectivity index (χ3v) is 8.86. The number of sulfonamides is 1. The normalized spacial score (nSPS) is 15.6. The highest BCUT2D eigenvalue weighted by Gasteiger charge is 2.39. The fraction of sp³-hybridized carbons (Fsp3) is 0.0667. The second-order valence-electron chi connectivity index (χ2n) is 9.03. The molecule has 4 aromatic carbocycles. The third kappa shape index (κ3) is 4.25. The third-order valence-electron chi connectivity index (χ3n) is 6.67. The molecule has 188 valence electrons. The molecule has 1 N–H and O–H groups in total. The molecule has 8 heteroatoms. The number of nitrogens with one attached hydrogen (secondary N) is 1. The van der Waals surface area contributed by atoms with Crippen molar-refractivity contribution in [1.29, 1.82) is 0 Å². The Labute approximate surface area is 228 Å². The van der Waals surface area contributed by atoms with Gasteiger partial charge in [-0.2, -0.15) is 17.9 Å². The van der Waals surface area contributed by atoms with Gasteiger partial charge in [-0.05, 0) is 41.5 Å². The molecule has 0 amide bonds. The SMILES string of the molecule is O=c1[nH]c2ccc(Br)cc2c(-c2ccccc2)c1C1=NN(S(=O)(=O)c2ccccc2)[C@H](c2ccccc2)C1. The Balaban J connectivity index is 1.61. The second kappa shape index (κ2) is 9.70. The van der Waals surface area contributed by atoms with Crippen LogP contribution in [0.4, 0.5) is 0 Å². The highest BCUT2D eigenvalue weighted by molar-refractivity contribution is 9.10. The number of hydrogen-bond donors (Lipinski definition) is 1. The van der Waals surface area contributed by atoms with Crippen LogP contribution >= 0.6 is 15.9 Å². The molecule has 1 aliphatic rings. The van der Waals surface area contributed by atoms with Crippen LogP contribution in [0.25, 0.3) is 22.0 Å². The molecular weight excluding hydrogens is 562 g/mol. The summed E-state index contributed by atoms with van der Waals surface area (Å²) in [6, 6.07) is 32.4. The van der Waals surface area contributed by atoms with Crippen molar-refractivity contribution in [3.8, 4) is 11.1 Å². The first-order chi connectivity index (χ1) is 18.4. The van der Waals surface area contributed by atoms with Crippen LogP contribution in [0.1, 0.15) is 23.6 Å². The highest BCUT2D eigenvalue weighted by Crippen LogP contribution is 2.39. The molecule has 0 radical (unpaired) electrons. The first-order valence-electron chi connectivity index (χ1n) is 12.1. The number of benzene rings is 4. The number of fused-ring (bicyclic) bond motifs is 1. The summed E-state index contributed by atoms with van der Waals surface area (Å²) in [6.07, 6.45) is 0.249. The number of aromatic nitrogens is 1. The molecular formula is C30H22BrN3O3S. The monoisotopic (exact) mass is 583 g/mol. The number of hydrazone groups is 1. The molecule has 1 aliphatic heterocycles. The minimum atomic E-state index is -3.99. The predicted molar refractivity (Wildman–Crippen MR) is 154 cm³/mol. The summed E-state index contributed by atoms with van der Waals surface area (Å²) in [5.41, 5.74) is 3.52. The maximum absolute atomic E-state index is 13.8. The van der Waals surface area contributed by atoms with Crippen molar-refractivity contribution in [1.82, 2.24) is 9.40 Å². The predicted octanol–water partition coefficient (Wildman–Crippen LogP) is 6.50. The van der Waals surface area contributed by atoms with Gasteiger partial charge in [-0.1, -0.05) is 94.8 Å². The summed E-state index contributed by atoms with van der Waals surface area (Å²) in [5, 5.41) is 5.51. The van der Waals surface area contributed by atoms with Crippen molar-refractivity contribution in [3.63, 3.8) is 0 Å². The lowest BCUT2D eigenvalue weighted by atomic mass is 9.91. The number of nitrogens with zero attached hydrogens (tertiary/aromatic N) is 2. The van der Waals surface area contributed by atoms with Crippen LogP contribution < -0.4 is 5.56 Å². The standard InChI is InChI=1S/C30H22BrN3O3S/c31-22-16-17-25-24(18-22)28(21-12-6-2-7-13-21)29(30(35)32-25)26-19-27(20-10-4-1-5-11-20)34(33-26)38(36,37)23-14-8-3-9-15-23/h1-18,27H,19H2,(H,32,35)/t27-/m0/s1. The van der Waals surface area contributed by atoms with Gasteiger partial charge in [0.25, 0.3) is 15.6 Å². The average Bonchev–Trinajstić information content (AvgIpc) is 3.40. The van der Waals surface area contributed by atoms with Gasteiger partial charge >= 0.3 is 0 Å². The minimum Gasteiger partial charge on any atom is -0.321 e. The van der Waals surface area contributed by atoms with Gasteiger partial charge in [-0.3, -0.25) is 4.79 Å². The van der Waals surface area contributed by atoms with E-state index in [2.05, 4.69) is 26.0 Å². The van der Waals surface area contributed by atoms with Crippen molar-refractivity contribution in [2.24, 2.45) is 5.10 Å². The number of rotatable bonds is 5. The van der Waals surface area contributed by atoms with E-state index in [4.69, 9.17) is 0 Å². The smallest absolute Gasteiger partial charge is 0.279 e. The molecule has 0 saturated heterocycles. The molecule has 5 aromatic rings. The average molecular weight is 584 g/mol. The zero-order chi connectivity index (χ0) is 26.3. The number of aromatic amines is 1. The van der Waals surface area contributed by atoms with Gasteiger partial charge in [0.15, 0.2) is 0 Å². The van der Waals surface area contributed by atoms with Crippen LogP contribution in [0.5, 0.6) is 0 Å². The minimum absolute atomic E-state index is 0.144. The summed E-state index contributed by atoms with van der Waals surface area (Å²) in [4.78, 5) is 16.8. The van der Waals surface area contributed by atoms with Gasteiger partial charge in [0.05, 0.1) is 22.2 Å². The molecule has 0 saturated carbocycles. The van der Waals surface area contributed by atoms with E-state index >= 15 is 0 Å². The Morgan fingerprint density at radius 3 is 2.13 bits per heavy atom. The van der Waals surface area contributed by atoms with Gasteiger partial charge in [-0.15, -0.1) is 0 Å². The second-order valence-corrected chi connectivity index (χ2v) is 11.7. The van der Waals surface area contributed by atoms with Crippen LogP contribution in [0.3, 0.4) is 0 Å². The van der Waals surface area contributed by atoms with E-state index in [9.17, 15) is 13.2 Å². The summed E-state index contributed by atoms with van der Waals surface area (Å²) in [5.74, 6) is 0. The van der Waals surface area contributed by atoms with E-state index in [1.165, 1.54) is 0 Å². The Bertz CT molecular complexity index is 1840. The van der Waals surface area contributed by atoms with E-state index in [1.54, 1.807) is 30.3 Å². The van der Waals surface area contributed by atoms with Crippen LogP contribution in [-0.4, -0.2) is 23.5 Å². The molecule has 0 bridgehead atoms. The Hall–Kier alpha value is -4.01. The molecule has 0 unspecified atom stereocenters. The quantitative estimate of drug-likeness (QED) is 0.256. The molecule has 1 atom stereocenters. The van der Waals surface area contributed by atoms with Gasteiger partial charge < -0.3 is 4.98 Å². The van der Waals surface area contributed by atoms with E-state index < -0.39 is 16.1 Å². The van der Waals surface area contributed by atoms with E-state index in [-0.39, 0.29) is 16.9 Å². The van der Waals surface area contributed by atoms with Crippen molar-refractivity contribution in [3.05, 3.63) is 135 Å². The topological polar surface area (TPSA) is 82.6 Å². The number of H-pyrrole nitrogens is 1. The zero-order valence-corrected chi connectivity index (χ0v) is 22.5. The van der Waals surface area contributed by atoms with Gasteiger partial charge in [0.2, 0.25) is 0 Å². The largest absolute Gasteiger partial charge is 0.321 e. The van der Waals surface area contributed by atoms with Crippen molar-refractivity contribution in [2.75, 3.05) is 0 Å². The van der Waals surface area contributed by atoms with Gasteiger partial charge in [0.1, 0.15) is 0 Å². The Morgan fingerprint density at radius 1 is 0.816 bits per heavy atom. The fourth-order valence-electron chi connectivity index (χ4n) is 4.93. The molecule has 2 heterocycles. The summed E-state index contributed by atoms with van der Waals surface area (Å²) >= 11 is 3.56. The van der Waals surface area contributed by atoms with Crippen LogP contribution in [0.2, 0.25) is 0 Å². The Morgan fingerprint density at radius 2 is 1.45 bits per heavy atom. The lowest BCUT2D eigenvalue weighted by Crippen LogP contribution is -2.27. The molecule has 0 fully saturated rings. The maximum atomic E-state index is 13.8. The van der Waals surface area contributed by atoms with Crippen molar-refractivity contribution in [2.45, 2.75) is 17.4 Å². The molecule has 1 aromatic heterocycles. The van der Waals surface area contributed by atoms with Gasteiger partial charge in [-0.25, -0.2) is 0 Å². The summed E-state index contributed by atoms with van der Waals surface area (Å²) < 4.78 is 29.7. The highest BCUT2D eigenvalue weighted by atomic mass is 79.9. The summed E-state index contributed by atoms with van der Waals surface area (Å²) in [7, 11) is -3.99. The maximum Gasteiger partial charge on any atom is 0.279 e. The first kappa shape index (κ1) is 24.3. The Kier molecular flexibility index (Phi) is 6.21. The number of hydrogen-bond acceptors (Lipinski definition) is 4. The lowest BCUT2D eigenvalue weighted by Gasteiger charge is -2.23. The molecule has 6 nitrogen and oxygen atoms in total. The summed E-state index contributed by atoms with van der Waals surface area (Å²) in [6.45, 7) is 0. The van der Waals surface area contributed by atoms with Crippen molar-refractivity contribution < 1.29 is 8.42 Å². The molecule has 0 aliphatic carbocycles. The van der Waals surface area contributed by atoms with Gasteiger partial charge in [0, 0.05) is 27.4 Å². The first-order valence-corrected chi connectivity index (χ1v) is 14.3. The number of pyridine rings is 1. The molecule has 38 heavy (non-hydrogen) atoms. The fourth-order valence-corrected chi connectivity index (χ4v) is 6.75. The van der Waals surface area contributed by atoms with Crippen molar-refractivity contribution >= 4 is 42.6 Å². The number of halogens is 1. The zero-order valence-electron chi connectivity index (χ0n) is 20.1.